The molecule has 4 nitrogen and oxygen atoms in total. The highest BCUT2D eigenvalue weighted by Crippen LogP contribution is 2.29. The molecule has 0 fully saturated rings. The van der Waals surface area contributed by atoms with Crippen molar-refractivity contribution in [1.29, 1.82) is 0 Å². The molecule has 1 aromatic carbocycles. The molecular weight excluding hydrogens is 216 g/mol. The second-order valence-electron chi connectivity index (χ2n) is 4.08. The smallest absolute Gasteiger partial charge is 0.325 e. The molecule has 3 N–H and O–H groups in total. The number of nitrogens with two attached hydrogens (primary N) is 1. The molecule has 0 bridgehead atoms. The Morgan fingerprint density at radius 2 is 2.12 bits per heavy atom. The van der Waals surface area contributed by atoms with Gasteiger partial charge in [-0.25, -0.2) is 0 Å². The third-order valence-electron chi connectivity index (χ3n) is 3.17. The number of carboxylic acid groups (broad SMARTS) is 1. The fourth-order valence-corrected chi connectivity index (χ4v) is 2.38. The van der Waals surface area contributed by atoms with Crippen LogP contribution in [0.4, 0.5) is 0 Å². The molecule has 2 rings (SSSR count). The highest BCUT2D eigenvalue weighted by atomic mass is 16.4. The molecule has 1 atom stereocenters. The second-order valence-corrected chi connectivity index (χ2v) is 4.08. The first-order valence-corrected chi connectivity index (χ1v) is 5.64. The van der Waals surface area contributed by atoms with Crippen LogP contribution in [0, 0.1) is 6.92 Å². The summed E-state index contributed by atoms with van der Waals surface area (Å²) < 4.78 is 2.09. The van der Waals surface area contributed by atoms with E-state index in [0.29, 0.717) is 0 Å². The Balaban J connectivity index is 2.78. The minimum Gasteiger partial charge on any atom is -0.480 e. The standard InChI is InChI=1S/C13H16N2O2/c1-3-15-8(2)11(12(14)13(16)17)9-6-4-5-7-10(9)15/h4-7,12H,3,14H2,1-2H3,(H,16,17). The van der Waals surface area contributed by atoms with Crippen LogP contribution in [0.25, 0.3) is 10.9 Å². The molecule has 0 aliphatic heterocycles. The first-order chi connectivity index (χ1) is 8.07. The number of aromatic nitrogens is 1. The summed E-state index contributed by atoms with van der Waals surface area (Å²) >= 11 is 0. The lowest BCUT2D eigenvalue weighted by molar-refractivity contribution is -0.138. The zero-order chi connectivity index (χ0) is 12.6. The SMILES string of the molecule is CCn1c(C)c(C(N)C(=O)O)c2ccccc21. The Hall–Kier alpha value is -1.81. The molecule has 0 saturated carbocycles. The molecule has 1 aromatic heterocycles. The van der Waals surface area contributed by atoms with Gasteiger partial charge in [-0.2, -0.15) is 0 Å². The normalized spacial score (nSPS) is 12.9. The van der Waals surface area contributed by atoms with E-state index in [0.717, 1.165) is 28.7 Å². The van der Waals surface area contributed by atoms with Crippen molar-refractivity contribution in [2.75, 3.05) is 0 Å². The van der Waals surface area contributed by atoms with Crippen molar-refractivity contribution in [3.05, 3.63) is 35.5 Å². The van der Waals surface area contributed by atoms with Gasteiger partial charge in [-0.3, -0.25) is 4.79 Å². The highest BCUT2D eigenvalue weighted by molar-refractivity contribution is 5.91. The van der Waals surface area contributed by atoms with Gasteiger partial charge in [0.15, 0.2) is 0 Å². The molecular formula is C13H16N2O2. The van der Waals surface area contributed by atoms with Gasteiger partial charge in [-0.1, -0.05) is 18.2 Å². The van der Waals surface area contributed by atoms with Gasteiger partial charge in [-0.05, 0) is 19.9 Å². The van der Waals surface area contributed by atoms with Crippen LogP contribution in [-0.4, -0.2) is 15.6 Å². The first kappa shape index (κ1) is 11.7. The number of carboxylic acids is 1. The van der Waals surface area contributed by atoms with Gasteiger partial charge in [0.1, 0.15) is 6.04 Å². The van der Waals surface area contributed by atoms with Crippen LogP contribution in [0.2, 0.25) is 0 Å². The molecule has 2 aromatic rings. The molecule has 90 valence electrons. The summed E-state index contributed by atoms with van der Waals surface area (Å²) in [6.07, 6.45) is 0. The van der Waals surface area contributed by atoms with Crippen molar-refractivity contribution < 1.29 is 9.90 Å². The Labute approximate surface area is 99.7 Å². The van der Waals surface area contributed by atoms with Crippen molar-refractivity contribution >= 4 is 16.9 Å². The molecule has 1 unspecified atom stereocenters. The van der Waals surface area contributed by atoms with Gasteiger partial charge in [0, 0.05) is 28.7 Å². The van der Waals surface area contributed by atoms with Crippen molar-refractivity contribution in [3.8, 4) is 0 Å². The molecule has 0 aliphatic rings. The van der Waals surface area contributed by atoms with Crippen molar-refractivity contribution in [1.82, 2.24) is 4.57 Å². The van der Waals surface area contributed by atoms with Gasteiger partial charge >= 0.3 is 5.97 Å². The van der Waals surface area contributed by atoms with Crippen LogP contribution in [0.15, 0.2) is 24.3 Å². The summed E-state index contributed by atoms with van der Waals surface area (Å²) in [5.41, 5.74) is 8.45. The van der Waals surface area contributed by atoms with E-state index in [-0.39, 0.29) is 0 Å². The monoisotopic (exact) mass is 232 g/mol. The molecule has 0 aliphatic carbocycles. The maximum atomic E-state index is 11.1. The average molecular weight is 232 g/mol. The third-order valence-corrected chi connectivity index (χ3v) is 3.17. The topological polar surface area (TPSA) is 68.2 Å². The predicted molar refractivity (Wildman–Crippen MR) is 66.9 cm³/mol. The summed E-state index contributed by atoms with van der Waals surface area (Å²) in [5.74, 6) is -0.993. The van der Waals surface area contributed by atoms with E-state index in [2.05, 4.69) is 4.57 Å². The van der Waals surface area contributed by atoms with E-state index in [1.54, 1.807) is 0 Å². The minimum atomic E-state index is -0.993. The summed E-state index contributed by atoms with van der Waals surface area (Å²) in [5, 5.41) is 10.00. The zero-order valence-corrected chi connectivity index (χ0v) is 9.97. The third kappa shape index (κ3) is 1.70. The lowest BCUT2D eigenvalue weighted by Gasteiger charge is -2.08. The van der Waals surface area contributed by atoms with Crippen LogP contribution < -0.4 is 5.73 Å². The number of benzene rings is 1. The molecule has 0 spiro atoms. The van der Waals surface area contributed by atoms with Crippen LogP contribution in [0.3, 0.4) is 0 Å². The number of carbonyl (C=O) groups is 1. The van der Waals surface area contributed by atoms with Crippen LogP contribution in [-0.2, 0) is 11.3 Å². The van der Waals surface area contributed by atoms with E-state index < -0.39 is 12.0 Å². The number of rotatable bonds is 3. The van der Waals surface area contributed by atoms with E-state index in [9.17, 15) is 4.79 Å². The number of hydrogen-bond donors (Lipinski definition) is 2. The number of nitrogens with zero attached hydrogens (tertiary/aromatic N) is 1. The van der Waals surface area contributed by atoms with Crippen LogP contribution in [0.1, 0.15) is 24.2 Å². The zero-order valence-electron chi connectivity index (χ0n) is 9.97. The van der Waals surface area contributed by atoms with Crippen LogP contribution in [0.5, 0.6) is 0 Å². The highest BCUT2D eigenvalue weighted by Gasteiger charge is 2.23. The van der Waals surface area contributed by atoms with Gasteiger partial charge in [0.2, 0.25) is 0 Å². The Morgan fingerprint density at radius 1 is 1.47 bits per heavy atom. The molecule has 17 heavy (non-hydrogen) atoms. The number of hydrogen-bond acceptors (Lipinski definition) is 2. The quantitative estimate of drug-likeness (QED) is 0.851. The largest absolute Gasteiger partial charge is 0.480 e. The number of fused-ring (bicyclic) bond motifs is 1. The minimum absolute atomic E-state index is 0.718. The maximum Gasteiger partial charge on any atom is 0.325 e. The molecule has 1 heterocycles. The van der Waals surface area contributed by atoms with Crippen LogP contribution >= 0.6 is 0 Å². The summed E-state index contributed by atoms with van der Waals surface area (Å²) in [6.45, 7) is 4.76. The van der Waals surface area contributed by atoms with E-state index >= 15 is 0 Å². The lowest BCUT2D eigenvalue weighted by Crippen LogP contribution is -2.21. The predicted octanol–water partition coefficient (Wildman–Crippen LogP) is 2.05. The van der Waals surface area contributed by atoms with Gasteiger partial charge in [0.05, 0.1) is 0 Å². The molecule has 0 radical (unpaired) electrons. The van der Waals surface area contributed by atoms with Gasteiger partial charge in [-0.15, -0.1) is 0 Å². The summed E-state index contributed by atoms with van der Waals surface area (Å²) in [7, 11) is 0. The number of aryl methyl sites for hydroxylation is 1. The second kappa shape index (κ2) is 4.22. The van der Waals surface area contributed by atoms with Crippen molar-refractivity contribution in [2.24, 2.45) is 5.73 Å². The fourth-order valence-electron chi connectivity index (χ4n) is 2.38. The van der Waals surface area contributed by atoms with E-state index in [1.807, 2.05) is 38.1 Å². The summed E-state index contributed by atoms with van der Waals surface area (Å²) in [6, 6.07) is 6.80. The molecule has 4 heteroatoms. The van der Waals surface area contributed by atoms with Crippen molar-refractivity contribution in [3.63, 3.8) is 0 Å². The van der Waals surface area contributed by atoms with E-state index in [4.69, 9.17) is 10.8 Å². The number of para-hydroxylation sites is 1. The lowest BCUT2D eigenvalue weighted by atomic mass is 10.0. The van der Waals surface area contributed by atoms with E-state index in [1.165, 1.54) is 0 Å². The molecule has 0 amide bonds. The Kier molecular flexibility index (Phi) is 2.90. The van der Waals surface area contributed by atoms with Crippen molar-refractivity contribution in [2.45, 2.75) is 26.4 Å². The summed E-state index contributed by atoms with van der Waals surface area (Å²) in [4.78, 5) is 11.1. The Bertz CT molecular complexity index is 572. The fraction of sp³-hybridized carbons (Fsp3) is 0.308. The first-order valence-electron chi connectivity index (χ1n) is 5.64. The van der Waals surface area contributed by atoms with Gasteiger partial charge in [0.25, 0.3) is 0 Å². The Morgan fingerprint density at radius 3 is 2.71 bits per heavy atom. The maximum absolute atomic E-state index is 11.1. The van der Waals surface area contributed by atoms with Gasteiger partial charge < -0.3 is 15.4 Å². The molecule has 0 saturated heterocycles. The number of aliphatic carboxylic acids is 1. The average Bonchev–Trinajstić information content (AvgIpc) is 2.59.